The molecule has 0 aliphatic heterocycles. The molecule has 6 nitrogen and oxygen atoms in total. The van der Waals surface area contributed by atoms with Gasteiger partial charge in [-0.2, -0.15) is 5.10 Å². The summed E-state index contributed by atoms with van der Waals surface area (Å²) in [6, 6.07) is 8.30. The zero-order valence-corrected chi connectivity index (χ0v) is 16.1. The first-order chi connectivity index (χ1) is 13.6. The lowest BCUT2D eigenvalue weighted by atomic mass is 9.80. The molecule has 6 heteroatoms. The van der Waals surface area contributed by atoms with Crippen molar-refractivity contribution < 1.29 is 5.11 Å². The molecule has 3 aromatic rings. The fourth-order valence-corrected chi connectivity index (χ4v) is 3.82. The van der Waals surface area contributed by atoms with Crippen molar-refractivity contribution in [2.24, 2.45) is 0 Å². The van der Waals surface area contributed by atoms with Gasteiger partial charge in [0.25, 0.3) is 0 Å². The number of aliphatic hydroxyl groups is 1. The smallest absolute Gasteiger partial charge is 0.132 e. The summed E-state index contributed by atoms with van der Waals surface area (Å²) in [4.78, 5) is 9.21. The third-order valence-corrected chi connectivity index (χ3v) is 5.73. The second-order valence-electron chi connectivity index (χ2n) is 8.29. The highest BCUT2D eigenvalue weighted by Gasteiger charge is 2.35. The lowest BCUT2D eigenvalue weighted by molar-refractivity contribution is -0.0498. The van der Waals surface area contributed by atoms with Crippen LogP contribution >= 0.6 is 0 Å². The van der Waals surface area contributed by atoms with Gasteiger partial charge in [-0.15, -0.1) is 0 Å². The van der Waals surface area contributed by atoms with Crippen LogP contribution in [0.2, 0.25) is 0 Å². The zero-order valence-electron chi connectivity index (χ0n) is 16.1. The Morgan fingerprint density at radius 1 is 1.21 bits per heavy atom. The topological polar surface area (TPSA) is 75.9 Å². The van der Waals surface area contributed by atoms with Crippen molar-refractivity contribution in [1.29, 1.82) is 0 Å². The van der Waals surface area contributed by atoms with E-state index in [1.165, 1.54) is 18.4 Å². The third-order valence-electron chi connectivity index (χ3n) is 5.73. The number of nitrogens with one attached hydrogen (secondary N) is 1. The van der Waals surface area contributed by atoms with Crippen molar-refractivity contribution in [1.82, 2.24) is 19.7 Å². The van der Waals surface area contributed by atoms with Crippen LogP contribution in [0.5, 0.6) is 0 Å². The molecule has 0 bridgehead atoms. The fourth-order valence-electron chi connectivity index (χ4n) is 3.82. The first kappa shape index (κ1) is 17.4. The predicted molar refractivity (Wildman–Crippen MR) is 108 cm³/mol. The summed E-state index contributed by atoms with van der Waals surface area (Å²) in [5.74, 6) is 2.30. The maximum absolute atomic E-state index is 10.4. The van der Waals surface area contributed by atoms with Crippen LogP contribution in [0.15, 0.2) is 42.9 Å². The molecule has 2 aliphatic rings. The molecule has 0 radical (unpaired) electrons. The van der Waals surface area contributed by atoms with Gasteiger partial charge in [0.1, 0.15) is 11.6 Å². The Labute approximate surface area is 164 Å². The molecule has 28 heavy (non-hydrogen) atoms. The van der Waals surface area contributed by atoms with E-state index in [4.69, 9.17) is 4.98 Å². The molecule has 3 heterocycles. The highest BCUT2D eigenvalue weighted by atomic mass is 16.3. The van der Waals surface area contributed by atoms with Gasteiger partial charge >= 0.3 is 0 Å². The van der Waals surface area contributed by atoms with Gasteiger partial charge in [-0.25, -0.2) is 9.97 Å². The standard InChI is InChI=1S/C22H25N5O/c1-15-9-19(18-12-24-27(13-18)14-22(28)6-2-7-22)25-21(10-15)26-20-11-17(5-8-23-20)16-3-4-16/h5,8-13,16,28H,2-4,6-7,14H2,1H3,(H,23,25,26). The lowest BCUT2D eigenvalue weighted by Gasteiger charge is -2.36. The molecule has 0 saturated heterocycles. The molecule has 2 fully saturated rings. The van der Waals surface area contributed by atoms with E-state index in [0.717, 1.165) is 47.7 Å². The van der Waals surface area contributed by atoms with Crippen molar-refractivity contribution in [2.75, 3.05) is 5.32 Å². The molecular formula is C22H25N5O. The van der Waals surface area contributed by atoms with Gasteiger partial charge in [-0.05, 0) is 80.3 Å². The second-order valence-corrected chi connectivity index (χ2v) is 8.29. The van der Waals surface area contributed by atoms with Crippen molar-refractivity contribution in [3.63, 3.8) is 0 Å². The van der Waals surface area contributed by atoms with E-state index in [1.807, 2.05) is 29.3 Å². The van der Waals surface area contributed by atoms with Gasteiger partial charge in [-0.3, -0.25) is 4.68 Å². The molecule has 0 spiro atoms. The number of hydrogen-bond acceptors (Lipinski definition) is 5. The summed E-state index contributed by atoms with van der Waals surface area (Å²) in [5.41, 5.74) is 3.70. The fraction of sp³-hybridized carbons (Fsp3) is 0.409. The van der Waals surface area contributed by atoms with Crippen LogP contribution in [0.4, 0.5) is 11.6 Å². The van der Waals surface area contributed by atoms with Gasteiger partial charge in [0, 0.05) is 18.0 Å². The van der Waals surface area contributed by atoms with Crippen LogP contribution in [0, 0.1) is 6.92 Å². The summed E-state index contributed by atoms with van der Waals surface area (Å²) in [7, 11) is 0. The number of hydrogen-bond donors (Lipinski definition) is 2. The minimum Gasteiger partial charge on any atom is -0.388 e. The largest absolute Gasteiger partial charge is 0.388 e. The summed E-state index contributed by atoms with van der Waals surface area (Å²) in [6.07, 6.45) is 11.0. The van der Waals surface area contributed by atoms with Crippen molar-refractivity contribution in [2.45, 2.75) is 57.1 Å². The van der Waals surface area contributed by atoms with E-state index >= 15 is 0 Å². The molecule has 0 unspecified atom stereocenters. The highest BCUT2D eigenvalue weighted by molar-refractivity contribution is 5.63. The molecule has 2 N–H and O–H groups in total. The minimum atomic E-state index is -0.589. The van der Waals surface area contributed by atoms with Crippen molar-refractivity contribution in [3.8, 4) is 11.3 Å². The van der Waals surface area contributed by atoms with E-state index in [1.54, 1.807) is 0 Å². The Kier molecular flexibility index (Phi) is 4.16. The summed E-state index contributed by atoms with van der Waals surface area (Å²) < 4.78 is 1.83. The summed E-state index contributed by atoms with van der Waals surface area (Å²) in [5, 5.41) is 18.1. The van der Waals surface area contributed by atoms with Crippen LogP contribution in [-0.4, -0.2) is 30.5 Å². The molecule has 5 rings (SSSR count). The first-order valence-electron chi connectivity index (χ1n) is 10.0. The Morgan fingerprint density at radius 2 is 2.07 bits per heavy atom. The van der Waals surface area contributed by atoms with Crippen LogP contribution in [-0.2, 0) is 6.54 Å². The highest BCUT2D eigenvalue weighted by Crippen LogP contribution is 2.40. The predicted octanol–water partition coefficient (Wildman–Crippen LogP) is 4.18. The Balaban J connectivity index is 1.37. The van der Waals surface area contributed by atoms with E-state index in [0.29, 0.717) is 12.5 Å². The summed E-state index contributed by atoms with van der Waals surface area (Å²) in [6.45, 7) is 2.60. The van der Waals surface area contributed by atoms with Gasteiger partial charge in [-0.1, -0.05) is 0 Å². The van der Waals surface area contributed by atoms with Gasteiger partial charge in [0.2, 0.25) is 0 Å². The maximum Gasteiger partial charge on any atom is 0.132 e. The molecule has 0 atom stereocenters. The Morgan fingerprint density at radius 3 is 2.82 bits per heavy atom. The molecule has 2 aliphatic carbocycles. The molecular weight excluding hydrogens is 350 g/mol. The number of anilines is 2. The first-order valence-corrected chi connectivity index (χ1v) is 10.0. The van der Waals surface area contributed by atoms with E-state index in [-0.39, 0.29) is 0 Å². The molecule has 0 aromatic carbocycles. The number of aromatic nitrogens is 4. The van der Waals surface area contributed by atoms with Gasteiger partial charge < -0.3 is 10.4 Å². The average Bonchev–Trinajstić information content (AvgIpc) is 3.40. The van der Waals surface area contributed by atoms with Crippen molar-refractivity contribution in [3.05, 3.63) is 54.0 Å². The number of aryl methyl sites for hydroxylation is 1. The van der Waals surface area contributed by atoms with Gasteiger partial charge in [0.05, 0.1) is 24.0 Å². The quantitative estimate of drug-likeness (QED) is 0.676. The lowest BCUT2D eigenvalue weighted by Crippen LogP contribution is -2.41. The number of pyridine rings is 2. The molecule has 2 saturated carbocycles. The summed E-state index contributed by atoms with van der Waals surface area (Å²) >= 11 is 0. The molecule has 144 valence electrons. The van der Waals surface area contributed by atoms with Gasteiger partial charge in [0.15, 0.2) is 0 Å². The van der Waals surface area contributed by atoms with Crippen LogP contribution < -0.4 is 5.32 Å². The molecule has 0 amide bonds. The van der Waals surface area contributed by atoms with Crippen molar-refractivity contribution >= 4 is 11.6 Å². The van der Waals surface area contributed by atoms with E-state index in [2.05, 4.69) is 40.5 Å². The SMILES string of the molecule is Cc1cc(Nc2cc(C3CC3)ccn2)nc(-c2cnn(CC3(O)CCC3)c2)c1. The van der Waals surface area contributed by atoms with Crippen LogP contribution in [0.25, 0.3) is 11.3 Å². The monoisotopic (exact) mass is 375 g/mol. The van der Waals surface area contributed by atoms with E-state index < -0.39 is 5.60 Å². The molecule has 3 aromatic heterocycles. The normalized spacial score (nSPS) is 17.9. The third kappa shape index (κ3) is 3.64. The number of rotatable bonds is 6. The average molecular weight is 375 g/mol. The Bertz CT molecular complexity index is 1000. The zero-order chi connectivity index (χ0) is 19.1. The second kappa shape index (κ2) is 6.71. The van der Waals surface area contributed by atoms with E-state index in [9.17, 15) is 5.11 Å². The van der Waals surface area contributed by atoms with Crippen LogP contribution in [0.3, 0.4) is 0 Å². The van der Waals surface area contributed by atoms with Crippen LogP contribution in [0.1, 0.15) is 49.1 Å². The minimum absolute atomic E-state index is 0.543. The number of nitrogens with zero attached hydrogens (tertiary/aromatic N) is 4. The Hall–Kier alpha value is -2.73. The maximum atomic E-state index is 10.4.